The number of rotatable bonds is 6. The van der Waals surface area contributed by atoms with Crippen LogP contribution in [-0.4, -0.2) is 34.4 Å². The summed E-state index contributed by atoms with van der Waals surface area (Å²) in [4.78, 5) is 35.2. The van der Waals surface area contributed by atoms with Crippen molar-refractivity contribution in [2.75, 3.05) is 22.1 Å². The van der Waals surface area contributed by atoms with Crippen molar-refractivity contribution in [2.24, 2.45) is 5.73 Å². The SMILES string of the molecule is NC(=O)c1cccc(NC(=O)[C@@H]2CCCN2c2nccc(Nc3ccccc3)n2)c1. The number of aromatic nitrogens is 2. The third-order valence-electron chi connectivity index (χ3n) is 4.92. The van der Waals surface area contributed by atoms with Crippen LogP contribution in [-0.2, 0) is 4.79 Å². The van der Waals surface area contributed by atoms with Crippen LogP contribution < -0.4 is 21.3 Å². The molecular weight excluding hydrogens is 380 g/mol. The lowest BCUT2D eigenvalue weighted by atomic mass is 10.1. The van der Waals surface area contributed by atoms with Gasteiger partial charge in [-0.1, -0.05) is 24.3 Å². The quantitative estimate of drug-likeness (QED) is 0.584. The van der Waals surface area contributed by atoms with Crippen molar-refractivity contribution < 1.29 is 9.59 Å². The predicted octanol–water partition coefficient (Wildman–Crippen LogP) is 2.93. The number of hydrogen-bond acceptors (Lipinski definition) is 6. The van der Waals surface area contributed by atoms with E-state index in [4.69, 9.17) is 5.73 Å². The number of nitrogens with two attached hydrogens (primary N) is 1. The van der Waals surface area contributed by atoms with E-state index in [1.165, 1.54) is 0 Å². The van der Waals surface area contributed by atoms with Crippen LogP contribution in [0.15, 0.2) is 66.9 Å². The highest BCUT2D eigenvalue weighted by Gasteiger charge is 2.32. The first kappa shape index (κ1) is 19.4. The summed E-state index contributed by atoms with van der Waals surface area (Å²) in [6.07, 6.45) is 3.23. The number of carbonyl (C=O) groups excluding carboxylic acids is 2. The third kappa shape index (κ3) is 4.38. The molecule has 1 aromatic heterocycles. The highest BCUT2D eigenvalue weighted by Crippen LogP contribution is 2.25. The Balaban J connectivity index is 1.49. The Kier molecular flexibility index (Phi) is 5.56. The van der Waals surface area contributed by atoms with E-state index in [1.807, 2.05) is 35.2 Å². The van der Waals surface area contributed by atoms with Gasteiger partial charge in [-0.3, -0.25) is 9.59 Å². The molecule has 1 atom stereocenters. The Morgan fingerprint density at radius 1 is 1.03 bits per heavy atom. The Morgan fingerprint density at radius 3 is 2.63 bits per heavy atom. The normalized spacial score (nSPS) is 15.6. The molecule has 3 aromatic rings. The standard InChI is InChI=1S/C22H22N6O2/c23-20(29)15-6-4-9-17(14-15)26-21(30)18-10-5-13-28(18)22-24-12-11-19(27-22)25-16-7-2-1-3-8-16/h1-4,6-9,11-12,14,18H,5,10,13H2,(H2,23,29)(H,26,30)(H,24,25,27)/t18-/m0/s1. The monoisotopic (exact) mass is 402 g/mol. The number of nitrogens with one attached hydrogen (secondary N) is 2. The second-order valence-corrected chi connectivity index (χ2v) is 7.02. The Labute approximate surface area is 174 Å². The maximum Gasteiger partial charge on any atom is 0.248 e. The molecule has 0 saturated carbocycles. The van der Waals surface area contributed by atoms with Crippen LogP contribution in [0, 0.1) is 0 Å². The Morgan fingerprint density at radius 2 is 1.83 bits per heavy atom. The van der Waals surface area contributed by atoms with Crippen LogP contribution in [0.2, 0.25) is 0 Å². The fourth-order valence-corrected chi connectivity index (χ4v) is 3.48. The van der Waals surface area contributed by atoms with E-state index in [0.29, 0.717) is 36.0 Å². The summed E-state index contributed by atoms with van der Waals surface area (Å²) in [5.41, 5.74) is 7.12. The van der Waals surface area contributed by atoms with Gasteiger partial charge in [0.15, 0.2) is 0 Å². The zero-order chi connectivity index (χ0) is 20.9. The van der Waals surface area contributed by atoms with Crippen LogP contribution in [0.3, 0.4) is 0 Å². The molecule has 1 saturated heterocycles. The summed E-state index contributed by atoms with van der Waals surface area (Å²) in [6, 6.07) is 17.7. The molecule has 4 N–H and O–H groups in total. The lowest BCUT2D eigenvalue weighted by Gasteiger charge is -2.24. The first-order valence-corrected chi connectivity index (χ1v) is 9.72. The van der Waals surface area contributed by atoms with E-state index < -0.39 is 11.9 Å². The second kappa shape index (κ2) is 8.60. The Hall–Kier alpha value is -3.94. The summed E-state index contributed by atoms with van der Waals surface area (Å²) >= 11 is 0. The van der Waals surface area contributed by atoms with E-state index in [1.54, 1.807) is 36.5 Å². The zero-order valence-electron chi connectivity index (χ0n) is 16.3. The molecule has 0 unspecified atom stereocenters. The fourth-order valence-electron chi connectivity index (χ4n) is 3.48. The number of nitrogens with zero attached hydrogens (tertiary/aromatic N) is 3. The molecule has 2 aromatic carbocycles. The van der Waals surface area contributed by atoms with Crippen molar-refractivity contribution in [2.45, 2.75) is 18.9 Å². The van der Waals surface area contributed by atoms with Gasteiger partial charge in [0.05, 0.1) is 0 Å². The molecule has 1 fully saturated rings. The molecule has 0 radical (unpaired) electrons. The van der Waals surface area contributed by atoms with Gasteiger partial charge < -0.3 is 21.3 Å². The smallest absolute Gasteiger partial charge is 0.248 e. The van der Waals surface area contributed by atoms with Gasteiger partial charge in [0.1, 0.15) is 11.9 Å². The fraction of sp³-hybridized carbons (Fsp3) is 0.182. The summed E-state index contributed by atoms with van der Waals surface area (Å²) in [7, 11) is 0. The summed E-state index contributed by atoms with van der Waals surface area (Å²) in [5, 5.41) is 6.12. The van der Waals surface area contributed by atoms with Gasteiger partial charge in [0, 0.05) is 29.7 Å². The maximum absolute atomic E-state index is 12.9. The van der Waals surface area contributed by atoms with Crippen LogP contribution in [0.5, 0.6) is 0 Å². The van der Waals surface area contributed by atoms with Crippen LogP contribution in [0.25, 0.3) is 0 Å². The maximum atomic E-state index is 12.9. The molecule has 2 amide bonds. The zero-order valence-corrected chi connectivity index (χ0v) is 16.3. The van der Waals surface area contributed by atoms with Crippen molar-refractivity contribution in [3.05, 3.63) is 72.4 Å². The number of benzene rings is 2. The Bertz CT molecular complexity index is 1060. The molecule has 1 aliphatic rings. The first-order chi connectivity index (χ1) is 14.6. The molecular formula is C22H22N6O2. The van der Waals surface area contributed by atoms with E-state index >= 15 is 0 Å². The minimum Gasteiger partial charge on any atom is -0.366 e. The minimum atomic E-state index is -0.537. The van der Waals surface area contributed by atoms with E-state index in [-0.39, 0.29) is 5.91 Å². The van der Waals surface area contributed by atoms with Crippen LogP contribution >= 0.6 is 0 Å². The van der Waals surface area contributed by atoms with E-state index in [9.17, 15) is 9.59 Å². The van der Waals surface area contributed by atoms with Gasteiger partial charge in [-0.25, -0.2) is 4.98 Å². The molecule has 30 heavy (non-hydrogen) atoms. The average molecular weight is 402 g/mol. The average Bonchev–Trinajstić information content (AvgIpc) is 3.25. The molecule has 4 rings (SSSR count). The first-order valence-electron chi connectivity index (χ1n) is 9.72. The number of carbonyl (C=O) groups is 2. The lowest BCUT2D eigenvalue weighted by Crippen LogP contribution is -2.40. The predicted molar refractivity (Wildman–Crippen MR) is 116 cm³/mol. The highest BCUT2D eigenvalue weighted by molar-refractivity contribution is 5.99. The molecule has 8 nitrogen and oxygen atoms in total. The van der Waals surface area contributed by atoms with Gasteiger partial charge in [0.25, 0.3) is 0 Å². The number of para-hydroxylation sites is 1. The molecule has 0 spiro atoms. The molecule has 1 aliphatic heterocycles. The molecule has 8 heteroatoms. The van der Waals surface area contributed by atoms with E-state index in [0.717, 1.165) is 12.1 Å². The summed E-state index contributed by atoms with van der Waals surface area (Å²) in [6.45, 7) is 0.689. The van der Waals surface area contributed by atoms with Crippen molar-refractivity contribution >= 4 is 35.0 Å². The van der Waals surface area contributed by atoms with Gasteiger partial charge in [-0.2, -0.15) is 4.98 Å². The topological polar surface area (TPSA) is 113 Å². The number of hydrogen-bond donors (Lipinski definition) is 3. The van der Waals surface area contributed by atoms with Gasteiger partial charge in [0.2, 0.25) is 17.8 Å². The van der Waals surface area contributed by atoms with E-state index in [2.05, 4.69) is 20.6 Å². The largest absolute Gasteiger partial charge is 0.366 e. The molecule has 0 aliphatic carbocycles. The molecule has 0 bridgehead atoms. The molecule has 2 heterocycles. The van der Waals surface area contributed by atoms with Crippen LogP contribution in [0.4, 0.5) is 23.1 Å². The third-order valence-corrected chi connectivity index (χ3v) is 4.92. The summed E-state index contributed by atoms with van der Waals surface area (Å²) < 4.78 is 0. The highest BCUT2D eigenvalue weighted by atomic mass is 16.2. The van der Waals surface area contributed by atoms with Crippen molar-refractivity contribution in [3.8, 4) is 0 Å². The minimum absolute atomic E-state index is 0.167. The second-order valence-electron chi connectivity index (χ2n) is 7.02. The van der Waals surface area contributed by atoms with Gasteiger partial charge in [-0.15, -0.1) is 0 Å². The van der Waals surface area contributed by atoms with Gasteiger partial charge >= 0.3 is 0 Å². The van der Waals surface area contributed by atoms with Crippen molar-refractivity contribution in [1.29, 1.82) is 0 Å². The summed E-state index contributed by atoms with van der Waals surface area (Å²) in [5.74, 6) is 0.453. The number of primary amides is 1. The lowest BCUT2D eigenvalue weighted by molar-refractivity contribution is -0.117. The van der Waals surface area contributed by atoms with Crippen molar-refractivity contribution in [3.63, 3.8) is 0 Å². The van der Waals surface area contributed by atoms with Crippen molar-refractivity contribution in [1.82, 2.24) is 9.97 Å². The van der Waals surface area contributed by atoms with Gasteiger partial charge in [-0.05, 0) is 49.2 Å². The molecule has 152 valence electrons. The van der Waals surface area contributed by atoms with Crippen LogP contribution in [0.1, 0.15) is 23.2 Å². The number of anilines is 4. The number of amides is 2.